The van der Waals surface area contributed by atoms with Gasteiger partial charge in [0.15, 0.2) is 0 Å². The Morgan fingerprint density at radius 1 is 1.36 bits per heavy atom. The number of aryl methyl sites for hydroxylation is 1. The summed E-state index contributed by atoms with van der Waals surface area (Å²) in [6, 6.07) is 8.30. The van der Waals surface area contributed by atoms with Crippen molar-refractivity contribution in [1.29, 1.82) is 0 Å². The summed E-state index contributed by atoms with van der Waals surface area (Å²) in [4.78, 5) is 10.5. The van der Waals surface area contributed by atoms with E-state index < -0.39 is 5.97 Å². The van der Waals surface area contributed by atoms with Gasteiger partial charge in [-0.05, 0) is 37.3 Å². The molecule has 1 heterocycles. The van der Waals surface area contributed by atoms with Crippen LogP contribution in [0.5, 0.6) is 0 Å². The topological polar surface area (TPSA) is 55.8 Å². The molecule has 2 unspecified atom stereocenters. The summed E-state index contributed by atoms with van der Waals surface area (Å²) in [6.07, 6.45) is 6.85. The Morgan fingerprint density at radius 2 is 2.18 bits per heavy atom. The number of unbranched alkanes of at least 4 members (excludes halogenated alkanes) is 1. The van der Waals surface area contributed by atoms with Gasteiger partial charge >= 0.3 is 5.97 Å². The second kappa shape index (κ2) is 8.71. The van der Waals surface area contributed by atoms with Gasteiger partial charge in [-0.15, -0.1) is 0 Å². The molecular formula is C18H24O4. The predicted molar refractivity (Wildman–Crippen MR) is 84.6 cm³/mol. The molecule has 22 heavy (non-hydrogen) atoms. The Kier molecular flexibility index (Phi) is 6.62. The van der Waals surface area contributed by atoms with Gasteiger partial charge in [0.1, 0.15) is 6.79 Å². The van der Waals surface area contributed by atoms with Gasteiger partial charge in [0.25, 0.3) is 0 Å². The number of rotatable bonds is 7. The first-order valence-corrected chi connectivity index (χ1v) is 7.80. The molecule has 0 saturated carbocycles. The smallest absolute Gasteiger partial charge is 0.303 e. The number of carbonyl (C=O) groups is 1. The van der Waals surface area contributed by atoms with Crippen LogP contribution in [0.15, 0.2) is 36.4 Å². The fraction of sp³-hybridized carbons (Fsp3) is 0.500. The van der Waals surface area contributed by atoms with Crippen LogP contribution in [0, 0.1) is 12.8 Å². The fourth-order valence-corrected chi connectivity index (χ4v) is 2.75. The zero-order valence-electron chi connectivity index (χ0n) is 13.0. The number of ether oxygens (including phenoxy) is 2. The quantitative estimate of drug-likeness (QED) is 0.614. The van der Waals surface area contributed by atoms with Crippen LogP contribution in [0.1, 0.15) is 42.9 Å². The van der Waals surface area contributed by atoms with E-state index in [1.807, 2.05) is 12.1 Å². The highest BCUT2D eigenvalue weighted by Crippen LogP contribution is 2.33. The van der Waals surface area contributed by atoms with Gasteiger partial charge in [0.2, 0.25) is 0 Å². The van der Waals surface area contributed by atoms with Gasteiger partial charge < -0.3 is 14.6 Å². The molecule has 4 nitrogen and oxygen atoms in total. The van der Waals surface area contributed by atoms with E-state index in [9.17, 15) is 4.79 Å². The van der Waals surface area contributed by atoms with Gasteiger partial charge in [-0.1, -0.05) is 36.4 Å². The Labute approximate surface area is 131 Å². The SMILES string of the molecule is Cc1ccccc1C1OCOCC1CC=CCCCC(=O)O. The maximum absolute atomic E-state index is 10.5. The molecular weight excluding hydrogens is 280 g/mol. The molecule has 0 spiro atoms. The lowest BCUT2D eigenvalue weighted by atomic mass is 9.90. The number of carboxylic acids is 1. The zero-order valence-corrected chi connectivity index (χ0v) is 13.0. The molecule has 1 N–H and O–H groups in total. The summed E-state index contributed by atoms with van der Waals surface area (Å²) >= 11 is 0. The molecule has 1 fully saturated rings. The van der Waals surface area contributed by atoms with E-state index in [2.05, 4.69) is 31.2 Å². The molecule has 1 aliphatic heterocycles. The molecule has 1 aliphatic rings. The monoisotopic (exact) mass is 304 g/mol. The highest BCUT2D eigenvalue weighted by Gasteiger charge is 2.28. The number of allylic oxidation sites excluding steroid dienone is 2. The maximum Gasteiger partial charge on any atom is 0.303 e. The Balaban J connectivity index is 1.89. The molecule has 1 saturated heterocycles. The van der Waals surface area contributed by atoms with Crippen molar-refractivity contribution in [2.75, 3.05) is 13.4 Å². The molecule has 0 amide bonds. The van der Waals surface area contributed by atoms with Crippen LogP contribution in [0.4, 0.5) is 0 Å². The number of hydrogen-bond donors (Lipinski definition) is 1. The van der Waals surface area contributed by atoms with Crippen LogP contribution in [0.3, 0.4) is 0 Å². The summed E-state index contributed by atoms with van der Waals surface area (Å²) in [5.74, 6) is -0.437. The highest BCUT2D eigenvalue weighted by molar-refractivity contribution is 5.66. The Morgan fingerprint density at radius 3 is 2.95 bits per heavy atom. The molecule has 0 aliphatic carbocycles. The highest BCUT2D eigenvalue weighted by atomic mass is 16.7. The van der Waals surface area contributed by atoms with Crippen LogP contribution in [0.2, 0.25) is 0 Å². The van der Waals surface area contributed by atoms with Gasteiger partial charge in [0, 0.05) is 12.3 Å². The first-order chi connectivity index (χ1) is 10.7. The number of hydrogen-bond acceptors (Lipinski definition) is 3. The minimum atomic E-state index is -0.734. The predicted octanol–water partition coefficient (Wildman–Crippen LogP) is 3.86. The molecule has 2 rings (SSSR count). The van der Waals surface area contributed by atoms with Gasteiger partial charge in [0.05, 0.1) is 12.7 Å². The fourth-order valence-electron chi connectivity index (χ4n) is 2.75. The molecule has 120 valence electrons. The van der Waals surface area contributed by atoms with E-state index in [0.717, 1.165) is 12.8 Å². The van der Waals surface area contributed by atoms with Crippen LogP contribution in [-0.4, -0.2) is 24.5 Å². The summed E-state index contributed by atoms with van der Waals surface area (Å²) in [5.41, 5.74) is 2.47. The molecule has 0 radical (unpaired) electrons. The normalized spacial score (nSPS) is 22.0. The maximum atomic E-state index is 10.5. The average Bonchev–Trinajstić information content (AvgIpc) is 2.51. The van der Waals surface area contributed by atoms with E-state index in [4.69, 9.17) is 14.6 Å². The number of benzene rings is 1. The van der Waals surface area contributed by atoms with Crippen LogP contribution >= 0.6 is 0 Å². The van der Waals surface area contributed by atoms with E-state index in [-0.39, 0.29) is 12.5 Å². The van der Waals surface area contributed by atoms with E-state index in [0.29, 0.717) is 25.7 Å². The third kappa shape index (κ3) is 4.97. The molecule has 1 aromatic rings. The molecule has 2 atom stereocenters. The zero-order chi connectivity index (χ0) is 15.8. The van der Waals surface area contributed by atoms with Crippen molar-refractivity contribution >= 4 is 5.97 Å². The van der Waals surface area contributed by atoms with Crippen molar-refractivity contribution in [2.45, 2.75) is 38.7 Å². The molecule has 4 heteroatoms. The van der Waals surface area contributed by atoms with Crippen molar-refractivity contribution in [2.24, 2.45) is 5.92 Å². The first kappa shape index (κ1) is 16.7. The van der Waals surface area contributed by atoms with Crippen LogP contribution in [0.25, 0.3) is 0 Å². The van der Waals surface area contributed by atoms with E-state index in [1.54, 1.807) is 0 Å². The van der Waals surface area contributed by atoms with Crippen molar-refractivity contribution in [3.05, 3.63) is 47.5 Å². The van der Waals surface area contributed by atoms with Crippen LogP contribution < -0.4 is 0 Å². The average molecular weight is 304 g/mol. The van der Waals surface area contributed by atoms with Crippen molar-refractivity contribution < 1.29 is 19.4 Å². The lowest BCUT2D eigenvalue weighted by Gasteiger charge is -2.32. The summed E-state index contributed by atoms with van der Waals surface area (Å²) < 4.78 is 11.3. The number of carboxylic acid groups (broad SMARTS) is 1. The largest absolute Gasteiger partial charge is 0.481 e. The summed E-state index contributed by atoms with van der Waals surface area (Å²) in [7, 11) is 0. The van der Waals surface area contributed by atoms with E-state index >= 15 is 0 Å². The van der Waals surface area contributed by atoms with Crippen molar-refractivity contribution in [3.63, 3.8) is 0 Å². The van der Waals surface area contributed by atoms with Gasteiger partial charge in [-0.2, -0.15) is 0 Å². The number of aliphatic carboxylic acids is 1. The second-order valence-corrected chi connectivity index (χ2v) is 5.69. The van der Waals surface area contributed by atoms with Gasteiger partial charge in [-0.3, -0.25) is 4.79 Å². The Hall–Kier alpha value is -1.65. The minimum Gasteiger partial charge on any atom is -0.481 e. The minimum absolute atomic E-state index is 0.0682. The molecule has 1 aromatic carbocycles. The third-order valence-corrected chi connectivity index (χ3v) is 3.95. The Bertz CT molecular complexity index is 510. The first-order valence-electron chi connectivity index (χ1n) is 7.80. The lowest BCUT2D eigenvalue weighted by Crippen LogP contribution is -2.28. The van der Waals surface area contributed by atoms with Crippen molar-refractivity contribution in [3.8, 4) is 0 Å². The molecule has 0 aromatic heterocycles. The summed E-state index contributed by atoms with van der Waals surface area (Å²) in [5, 5.41) is 8.60. The van der Waals surface area contributed by atoms with Crippen molar-refractivity contribution in [1.82, 2.24) is 0 Å². The molecule has 0 bridgehead atoms. The summed E-state index contributed by atoms with van der Waals surface area (Å²) in [6.45, 7) is 3.14. The van der Waals surface area contributed by atoms with Gasteiger partial charge in [-0.25, -0.2) is 0 Å². The van der Waals surface area contributed by atoms with E-state index in [1.165, 1.54) is 11.1 Å². The van der Waals surface area contributed by atoms with Crippen LogP contribution in [-0.2, 0) is 14.3 Å². The standard InChI is InChI=1S/C18H24O4/c1-14-8-6-7-10-16(14)18-15(12-21-13-22-18)9-4-2-3-5-11-17(19)20/h2,4,6-8,10,15,18H,3,5,9,11-13H2,1H3,(H,19,20). The second-order valence-electron chi connectivity index (χ2n) is 5.69. The third-order valence-electron chi connectivity index (χ3n) is 3.95. The lowest BCUT2D eigenvalue weighted by molar-refractivity contribution is -0.171.